The topological polar surface area (TPSA) is 94.7 Å². The van der Waals surface area contributed by atoms with Gasteiger partial charge < -0.3 is 19.2 Å². The molecular formula is C22H23NO6S. The molecule has 0 aliphatic heterocycles. The maximum atomic E-state index is 12.2. The van der Waals surface area contributed by atoms with Crippen molar-refractivity contribution in [2.75, 3.05) is 27.6 Å². The van der Waals surface area contributed by atoms with E-state index in [9.17, 15) is 13.2 Å². The predicted octanol–water partition coefficient (Wildman–Crippen LogP) is 3.84. The molecule has 1 aromatic heterocycles. The van der Waals surface area contributed by atoms with Gasteiger partial charge in [0.1, 0.15) is 4.91 Å². The Morgan fingerprint density at radius 3 is 2.10 bits per heavy atom. The molecular weight excluding hydrogens is 406 g/mol. The number of fused-ring (bicyclic) bond motifs is 1. The number of allylic oxidation sites excluding steroid dienone is 1. The van der Waals surface area contributed by atoms with Gasteiger partial charge in [0.05, 0.1) is 27.0 Å². The van der Waals surface area contributed by atoms with Gasteiger partial charge in [-0.2, -0.15) is 0 Å². The standard InChI is InChI=1S/C22H23NO6S/c1-13(24)20(30(5,25)26)12-16-15-8-6-7-9-17(15)23-21(16)14-10-18(27-2)22(29-4)19(11-14)28-3/h6-12,23H,1-5H3/b20-12+. The summed E-state index contributed by atoms with van der Waals surface area (Å²) in [6, 6.07) is 11.0. The SMILES string of the molecule is COc1cc(-c2[nH]c3ccccc3c2/C=C(\C(C)=O)S(C)(=O)=O)cc(OC)c1OC. The second-order valence-corrected chi connectivity index (χ2v) is 8.69. The summed E-state index contributed by atoms with van der Waals surface area (Å²) in [5, 5.41) is 0.781. The summed E-state index contributed by atoms with van der Waals surface area (Å²) in [7, 11) is 0.837. The number of H-pyrrole nitrogens is 1. The van der Waals surface area contributed by atoms with Crippen molar-refractivity contribution in [2.24, 2.45) is 0 Å². The zero-order chi connectivity index (χ0) is 22.1. The van der Waals surface area contributed by atoms with Gasteiger partial charge in [0.2, 0.25) is 5.75 Å². The number of aromatic nitrogens is 1. The van der Waals surface area contributed by atoms with Crippen LogP contribution in [-0.4, -0.2) is 46.8 Å². The third-order valence-corrected chi connectivity index (χ3v) is 5.93. The number of ether oxygens (including phenoxy) is 3. The Kier molecular flexibility index (Phi) is 5.89. The number of hydrogen-bond donors (Lipinski definition) is 1. The zero-order valence-electron chi connectivity index (χ0n) is 17.4. The quantitative estimate of drug-likeness (QED) is 0.574. The Balaban J connectivity index is 2.39. The maximum Gasteiger partial charge on any atom is 0.203 e. The van der Waals surface area contributed by atoms with E-state index in [1.807, 2.05) is 24.3 Å². The number of rotatable bonds is 7. The molecule has 0 radical (unpaired) electrons. The fourth-order valence-corrected chi connectivity index (χ4v) is 4.22. The van der Waals surface area contributed by atoms with Gasteiger partial charge in [-0.05, 0) is 31.2 Å². The minimum Gasteiger partial charge on any atom is -0.493 e. The lowest BCUT2D eigenvalue weighted by atomic mass is 10.0. The van der Waals surface area contributed by atoms with Crippen LogP contribution >= 0.6 is 0 Å². The largest absolute Gasteiger partial charge is 0.493 e. The number of benzene rings is 2. The van der Waals surface area contributed by atoms with Crippen molar-refractivity contribution in [3.05, 3.63) is 46.9 Å². The lowest BCUT2D eigenvalue weighted by Gasteiger charge is -2.14. The van der Waals surface area contributed by atoms with E-state index >= 15 is 0 Å². The third kappa shape index (κ3) is 3.91. The van der Waals surface area contributed by atoms with E-state index in [1.54, 1.807) is 12.1 Å². The van der Waals surface area contributed by atoms with Gasteiger partial charge in [0, 0.05) is 28.3 Å². The van der Waals surface area contributed by atoms with E-state index in [1.165, 1.54) is 34.3 Å². The van der Waals surface area contributed by atoms with Crippen molar-refractivity contribution < 1.29 is 27.4 Å². The molecule has 158 valence electrons. The highest BCUT2D eigenvalue weighted by Crippen LogP contribution is 2.43. The summed E-state index contributed by atoms with van der Waals surface area (Å²) < 4.78 is 40.7. The number of methoxy groups -OCH3 is 3. The first-order valence-corrected chi connectivity index (χ1v) is 10.9. The number of para-hydroxylation sites is 1. The highest BCUT2D eigenvalue weighted by molar-refractivity contribution is 7.95. The van der Waals surface area contributed by atoms with Gasteiger partial charge in [-0.25, -0.2) is 8.42 Å². The fourth-order valence-electron chi connectivity index (χ4n) is 3.37. The maximum absolute atomic E-state index is 12.2. The summed E-state index contributed by atoms with van der Waals surface area (Å²) >= 11 is 0. The van der Waals surface area contributed by atoms with Gasteiger partial charge in [-0.1, -0.05) is 18.2 Å². The number of nitrogens with one attached hydrogen (secondary N) is 1. The monoisotopic (exact) mass is 429 g/mol. The number of sulfone groups is 1. The summed E-state index contributed by atoms with van der Waals surface area (Å²) in [6.45, 7) is 1.24. The predicted molar refractivity (Wildman–Crippen MR) is 117 cm³/mol. The number of carbonyl (C=O) groups excluding carboxylic acids is 1. The smallest absolute Gasteiger partial charge is 0.203 e. The minimum absolute atomic E-state index is 0.263. The molecule has 3 aromatic rings. The molecule has 0 atom stereocenters. The molecule has 1 N–H and O–H groups in total. The van der Waals surface area contributed by atoms with Crippen molar-refractivity contribution in [1.29, 1.82) is 0 Å². The Labute approximate surface area is 175 Å². The van der Waals surface area contributed by atoms with Gasteiger partial charge in [0.25, 0.3) is 0 Å². The molecule has 8 heteroatoms. The van der Waals surface area contributed by atoms with E-state index in [4.69, 9.17) is 14.2 Å². The normalized spacial score (nSPS) is 12.1. The van der Waals surface area contributed by atoms with Crippen molar-refractivity contribution in [1.82, 2.24) is 4.98 Å². The van der Waals surface area contributed by atoms with Crippen LogP contribution in [0, 0.1) is 0 Å². The minimum atomic E-state index is -3.72. The average molecular weight is 429 g/mol. The molecule has 30 heavy (non-hydrogen) atoms. The molecule has 0 spiro atoms. The van der Waals surface area contributed by atoms with E-state index in [2.05, 4.69) is 4.98 Å². The summed E-state index contributed by atoms with van der Waals surface area (Å²) in [6.07, 6.45) is 2.43. The van der Waals surface area contributed by atoms with Crippen LogP contribution in [0.3, 0.4) is 0 Å². The summed E-state index contributed by atoms with van der Waals surface area (Å²) in [4.78, 5) is 15.1. The highest BCUT2D eigenvalue weighted by atomic mass is 32.2. The van der Waals surface area contributed by atoms with E-state index in [0.29, 0.717) is 34.1 Å². The van der Waals surface area contributed by atoms with Crippen molar-refractivity contribution >= 4 is 32.6 Å². The van der Waals surface area contributed by atoms with Gasteiger partial charge in [0.15, 0.2) is 27.1 Å². The van der Waals surface area contributed by atoms with Crippen LogP contribution < -0.4 is 14.2 Å². The first-order valence-electron chi connectivity index (χ1n) is 9.05. The van der Waals surface area contributed by atoms with Crippen LogP contribution in [0.25, 0.3) is 28.2 Å². The Morgan fingerprint density at radius 1 is 1.00 bits per heavy atom. The number of Topliss-reactive ketones (excluding diaryl/α,β-unsaturated/α-hetero) is 1. The highest BCUT2D eigenvalue weighted by Gasteiger charge is 2.22. The molecule has 1 heterocycles. The second kappa shape index (κ2) is 8.23. The van der Waals surface area contributed by atoms with Crippen molar-refractivity contribution in [3.63, 3.8) is 0 Å². The molecule has 0 saturated heterocycles. The van der Waals surface area contributed by atoms with Crippen LogP contribution in [0.1, 0.15) is 12.5 Å². The number of carbonyl (C=O) groups is 1. The molecule has 0 bridgehead atoms. The van der Waals surface area contributed by atoms with Crippen LogP contribution in [0.2, 0.25) is 0 Å². The van der Waals surface area contributed by atoms with Crippen LogP contribution in [0.15, 0.2) is 41.3 Å². The van der Waals surface area contributed by atoms with Crippen LogP contribution in [0.4, 0.5) is 0 Å². The van der Waals surface area contributed by atoms with Gasteiger partial charge >= 0.3 is 0 Å². The lowest BCUT2D eigenvalue weighted by Crippen LogP contribution is -2.08. The van der Waals surface area contributed by atoms with Gasteiger partial charge in [-0.15, -0.1) is 0 Å². The van der Waals surface area contributed by atoms with Crippen molar-refractivity contribution in [3.8, 4) is 28.5 Å². The summed E-state index contributed by atoms with van der Waals surface area (Å²) in [5.41, 5.74) is 2.68. The number of hydrogen-bond acceptors (Lipinski definition) is 6. The third-order valence-electron chi connectivity index (χ3n) is 4.72. The Morgan fingerprint density at radius 2 is 1.60 bits per heavy atom. The Bertz CT molecular complexity index is 1230. The molecule has 0 saturated carbocycles. The zero-order valence-corrected chi connectivity index (χ0v) is 18.2. The molecule has 0 amide bonds. The second-order valence-electron chi connectivity index (χ2n) is 6.71. The molecule has 3 rings (SSSR count). The fraction of sp³-hybridized carbons (Fsp3) is 0.227. The Hall–Kier alpha value is -3.26. The first kappa shape index (κ1) is 21.4. The molecule has 0 fully saturated rings. The van der Waals surface area contributed by atoms with Crippen molar-refractivity contribution in [2.45, 2.75) is 6.92 Å². The number of aromatic amines is 1. The average Bonchev–Trinajstić information content (AvgIpc) is 3.08. The summed E-state index contributed by atoms with van der Waals surface area (Å²) in [5.74, 6) is 0.821. The van der Waals surface area contributed by atoms with Crippen LogP contribution in [-0.2, 0) is 14.6 Å². The molecule has 0 aliphatic carbocycles. The lowest BCUT2D eigenvalue weighted by molar-refractivity contribution is -0.112. The molecule has 7 nitrogen and oxygen atoms in total. The van der Waals surface area contributed by atoms with E-state index in [0.717, 1.165) is 17.2 Å². The van der Waals surface area contributed by atoms with Gasteiger partial charge in [-0.3, -0.25) is 4.79 Å². The van der Waals surface area contributed by atoms with Crippen LogP contribution in [0.5, 0.6) is 17.2 Å². The number of ketones is 1. The molecule has 0 unspecified atom stereocenters. The van der Waals surface area contributed by atoms with E-state index < -0.39 is 15.6 Å². The molecule has 0 aliphatic rings. The van der Waals surface area contributed by atoms with E-state index in [-0.39, 0.29) is 4.91 Å². The molecule has 2 aromatic carbocycles. The first-order chi connectivity index (χ1) is 14.2.